The van der Waals surface area contributed by atoms with Gasteiger partial charge in [0.15, 0.2) is 17.3 Å². The number of aryl methyl sites for hydroxylation is 1. The van der Waals surface area contributed by atoms with Crippen molar-refractivity contribution in [2.75, 3.05) is 17.8 Å². The van der Waals surface area contributed by atoms with E-state index in [9.17, 15) is 0 Å². The molecule has 20 heavy (non-hydrogen) atoms. The topological polar surface area (TPSA) is 74.3 Å². The minimum Gasteiger partial charge on any atom is -0.454 e. The number of anilines is 3. The lowest BCUT2D eigenvalue weighted by atomic mass is 10.1. The van der Waals surface area contributed by atoms with Gasteiger partial charge in [-0.2, -0.15) is 5.10 Å². The Hall–Kier alpha value is -2.37. The van der Waals surface area contributed by atoms with Crippen molar-refractivity contribution < 1.29 is 9.47 Å². The Bertz CT molecular complexity index is 649. The molecule has 0 atom stereocenters. The van der Waals surface area contributed by atoms with Gasteiger partial charge in [-0.05, 0) is 18.1 Å². The zero-order valence-corrected chi connectivity index (χ0v) is 11.8. The van der Waals surface area contributed by atoms with Gasteiger partial charge in [0.05, 0.1) is 11.4 Å². The van der Waals surface area contributed by atoms with Crippen LogP contribution in [0.1, 0.15) is 25.5 Å². The van der Waals surface area contributed by atoms with E-state index in [1.165, 1.54) is 0 Å². The predicted octanol–water partition coefficient (Wildman–Crippen LogP) is 2.60. The summed E-state index contributed by atoms with van der Waals surface area (Å²) in [5.74, 6) is 2.57. The molecule has 0 fully saturated rings. The molecule has 0 bridgehead atoms. The number of fused-ring (bicyclic) bond motifs is 1. The number of ether oxygens (including phenoxy) is 2. The van der Waals surface area contributed by atoms with Gasteiger partial charge in [-0.1, -0.05) is 13.8 Å². The molecular formula is C14H18N4O2. The van der Waals surface area contributed by atoms with Gasteiger partial charge < -0.3 is 20.5 Å². The van der Waals surface area contributed by atoms with Crippen LogP contribution in [0.4, 0.5) is 17.2 Å². The molecule has 0 radical (unpaired) electrons. The first-order valence-electron chi connectivity index (χ1n) is 6.55. The van der Waals surface area contributed by atoms with Crippen LogP contribution in [0.15, 0.2) is 18.2 Å². The van der Waals surface area contributed by atoms with E-state index in [2.05, 4.69) is 24.3 Å². The lowest BCUT2D eigenvalue weighted by Crippen LogP contribution is -2.01. The number of aromatic nitrogens is 2. The number of nitrogens with zero attached hydrogens (tertiary/aromatic N) is 2. The van der Waals surface area contributed by atoms with E-state index >= 15 is 0 Å². The van der Waals surface area contributed by atoms with Gasteiger partial charge in [-0.25, -0.2) is 0 Å². The van der Waals surface area contributed by atoms with Gasteiger partial charge in [-0.15, -0.1) is 0 Å². The van der Waals surface area contributed by atoms with Gasteiger partial charge in [0.2, 0.25) is 6.79 Å². The predicted molar refractivity (Wildman–Crippen MR) is 77.6 cm³/mol. The molecule has 2 aromatic rings. The molecule has 1 aliphatic heterocycles. The molecular weight excluding hydrogens is 256 g/mol. The quantitative estimate of drug-likeness (QED) is 0.900. The number of nitrogens with one attached hydrogen (secondary N) is 1. The monoisotopic (exact) mass is 274 g/mol. The van der Waals surface area contributed by atoms with Gasteiger partial charge in [-0.3, -0.25) is 4.68 Å². The first-order valence-corrected chi connectivity index (χ1v) is 6.55. The van der Waals surface area contributed by atoms with Crippen LogP contribution < -0.4 is 20.5 Å². The third-order valence-electron chi connectivity index (χ3n) is 3.29. The van der Waals surface area contributed by atoms with Crippen LogP contribution >= 0.6 is 0 Å². The van der Waals surface area contributed by atoms with Crippen molar-refractivity contribution in [3.05, 3.63) is 23.9 Å². The number of benzene rings is 1. The molecule has 2 heterocycles. The Balaban J connectivity index is 1.91. The van der Waals surface area contributed by atoms with Crippen molar-refractivity contribution in [2.24, 2.45) is 7.05 Å². The van der Waals surface area contributed by atoms with Crippen molar-refractivity contribution in [3.8, 4) is 11.5 Å². The molecule has 3 rings (SSSR count). The molecule has 0 spiro atoms. The van der Waals surface area contributed by atoms with Gasteiger partial charge in [0, 0.05) is 18.8 Å². The second-order valence-corrected chi connectivity index (χ2v) is 5.12. The van der Waals surface area contributed by atoms with Crippen LogP contribution in [0.2, 0.25) is 0 Å². The molecule has 1 aromatic heterocycles. The largest absolute Gasteiger partial charge is 0.454 e. The highest BCUT2D eigenvalue weighted by atomic mass is 16.7. The smallest absolute Gasteiger partial charge is 0.231 e. The molecule has 1 aliphatic rings. The number of hydrogen-bond donors (Lipinski definition) is 2. The van der Waals surface area contributed by atoms with Crippen molar-refractivity contribution in [1.82, 2.24) is 9.78 Å². The maximum absolute atomic E-state index is 6.16. The number of hydrogen-bond acceptors (Lipinski definition) is 5. The van der Waals surface area contributed by atoms with Crippen molar-refractivity contribution in [3.63, 3.8) is 0 Å². The van der Waals surface area contributed by atoms with E-state index < -0.39 is 0 Å². The number of nitrogens with two attached hydrogens (primary N) is 1. The molecule has 0 amide bonds. The Morgan fingerprint density at radius 1 is 1.30 bits per heavy atom. The summed E-state index contributed by atoms with van der Waals surface area (Å²) < 4.78 is 12.4. The lowest BCUT2D eigenvalue weighted by Gasteiger charge is -2.08. The maximum Gasteiger partial charge on any atom is 0.231 e. The third-order valence-corrected chi connectivity index (χ3v) is 3.29. The van der Waals surface area contributed by atoms with Gasteiger partial charge in [0.1, 0.15) is 0 Å². The highest BCUT2D eigenvalue weighted by Gasteiger charge is 2.18. The van der Waals surface area contributed by atoms with E-state index in [-0.39, 0.29) is 12.7 Å². The zero-order chi connectivity index (χ0) is 14.3. The Morgan fingerprint density at radius 3 is 2.75 bits per heavy atom. The summed E-state index contributed by atoms with van der Waals surface area (Å²) in [6, 6.07) is 5.69. The van der Waals surface area contributed by atoms with Crippen LogP contribution in [-0.4, -0.2) is 16.6 Å². The molecule has 0 saturated heterocycles. The Morgan fingerprint density at radius 2 is 2.05 bits per heavy atom. The molecule has 6 heteroatoms. The molecule has 0 aliphatic carbocycles. The van der Waals surface area contributed by atoms with Crippen molar-refractivity contribution in [1.29, 1.82) is 0 Å². The lowest BCUT2D eigenvalue weighted by molar-refractivity contribution is 0.174. The first kappa shape index (κ1) is 12.7. The van der Waals surface area contributed by atoms with Crippen molar-refractivity contribution in [2.45, 2.75) is 19.8 Å². The number of rotatable bonds is 3. The fourth-order valence-electron chi connectivity index (χ4n) is 2.25. The molecule has 106 valence electrons. The summed E-state index contributed by atoms with van der Waals surface area (Å²) >= 11 is 0. The summed E-state index contributed by atoms with van der Waals surface area (Å²) in [5.41, 5.74) is 8.63. The summed E-state index contributed by atoms with van der Waals surface area (Å²) in [6.45, 7) is 4.41. The van der Waals surface area contributed by atoms with Crippen LogP contribution in [0, 0.1) is 0 Å². The summed E-state index contributed by atoms with van der Waals surface area (Å²) in [7, 11) is 1.87. The van der Waals surface area contributed by atoms with Crippen LogP contribution in [0.5, 0.6) is 11.5 Å². The second kappa shape index (κ2) is 4.63. The van der Waals surface area contributed by atoms with E-state index in [1.54, 1.807) is 4.68 Å². The van der Waals surface area contributed by atoms with Gasteiger partial charge >= 0.3 is 0 Å². The molecule has 1 aromatic carbocycles. The molecule has 0 saturated carbocycles. The molecule has 3 N–H and O–H groups in total. The standard InChI is InChI=1S/C14H18N4O2/c1-8(2)13-12(15)14(18(3)17-13)16-9-4-5-10-11(6-9)20-7-19-10/h4-6,8,16H,7,15H2,1-3H3. The van der Waals surface area contributed by atoms with Crippen LogP contribution in [-0.2, 0) is 7.05 Å². The minimum atomic E-state index is 0.268. The minimum absolute atomic E-state index is 0.268. The zero-order valence-electron chi connectivity index (χ0n) is 11.8. The summed E-state index contributed by atoms with van der Waals surface area (Å²) in [6.07, 6.45) is 0. The first-order chi connectivity index (χ1) is 9.56. The molecule has 6 nitrogen and oxygen atoms in total. The summed E-state index contributed by atoms with van der Waals surface area (Å²) in [4.78, 5) is 0. The van der Waals surface area contributed by atoms with Crippen molar-refractivity contribution >= 4 is 17.2 Å². The van der Waals surface area contributed by atoms with E-state index in [0.29, 0.717) is 5.69 Å². The van der Waals surface area contributed by atoms with E-state index in [1.807, 2.05) is 25.2 Å². The van der Waals surface area contributed by atoms with Crippen LogP contribution in [0.25, 0.3) is 0 Å². The Kier molecular flexibility index (Phi) is 2.93. The highest BCUT2D eigenvalue weighted by Crippen LogP contribution is 2.36. The molecule has 0 unspecified atom stereocenters. The normalized spacial score (nSPS) is 13.0. The average molecular weight is 274 g/mol. The van der Waals surface area contributed by atoms with Gasteiger partial charge in [0.25, 0.3) is 0 Å². The SMILES string of the molecule is CC(C)c1nn(C)c(Nc2ccc3c(c2)OCO3)c1N. The van der Waals surface area contributed by atoms with E-state index in [0.717, 1.165) is 28.7 Å². The van der Waals surface area contributed by atoms with E-state index in [4.69, 9.17) is 15.2 Å². The maximum atomic E-state index is 6.16. The Labute approximate surface area is 117 Å². The third kappa shape index (κ3) is 2.03. The second-order valence-electron chi connectivity index (χ2n) is 5.12. The fourth-order valence-corrected chi connectivity index (χ4v) is 2.25. The number of nitrogen functional groups attached to an aromatic ring is 1. The summed E-state index contributed by atoms with van der Waals surface area (Å²) in [5, 5.41) is 7.74. The van der Waals surface area contributed by atoms with Crippen LogP contribution in [0.3, 0.4) is 0 Å². The fraction of sp³-hybridized carbons (Fsp3) is 0.357. The average Bonchev–Trinajstić information content (AvgIpc) is 2.97. The highest BCUT2D eigenvalue weighted by molar-refractivity contribution is 5.73.